The molecule has 0 spiro atoms. The van der Waals surface area contributed by atoms with Gasteiger partial charge in [0.05, 0.1) is 15.5 Å². The number of piperazine rings is 1. The summed E-state index contributed by atoms with van der Waals surface area (Å²) in [6, 6.07) is 11.9. The molecule has 2 heterocycles. The molecule has 0 aliphatic carbocycles. The molecular weight excluding hydrogens is 472 g/mol. The molecular formula is C21H21ClN4O4S2. The van der Waals surface area contributed by atoms with Gasteiger partial charge in [-0.25, -0.2) is 13.4 Å². The predicted octanol–water partition coefficient (Wildman–Crippen LogP) is 4.11. The van der Waals surface area contributed by atoms with E-state index in [0.717, 1.165) is 23.3 Å². The van der Waals surface area contributed by atoms with Gasteiger partial charge in [-0.15, -0.1) is 11.3 Å². The Kier molecular flexibility index (Phi) is 6.47. The Morgan fingerprint density at radius 1 is 1.16 bits per heavy atom. The van der Waals surface area contributed by atoms with E-state index in [1.54, 1.807) is 11.3 Å². The summed E-state index contributed by atoms with van der Waals surface area (Å²) >= 11 is 7.36. The predicted molar refractivity (Wildman–Crippen MR) is 125 cm³/mol. The number of thiazole rings is 1. The van der Waals surface area contributed by atoms with Gasteiger partial charge < -0.3 is 4.90 Å². The van der Waals surface area contributed by atoms with Crippen molar-refractivity contribution < 1.29 is 13.3 Å². The van der Waals surface area contributed by atoms with Crippen LogP contribution in [0.4, 0.5) is 10.8 Å². The van der Waals surface area contributed by atoms with E-state index in [1.165, 1.54) is 27.6 Å². The van der Waals surface area contributed by atoms with Crippen molar-refractivity contribution in [2.45, 2.75) is 18.2 Å². The molecule has 11 heteroatoms. The Balaban J connectivity index is 1.42. The zero-order chi connectivity index (χ0) is 22.9. The SMILES string of the molecule is Cc1cccc(Cc2csc(N3CCN(S(=O)(=O)c4ccc(Cl)c([N+](=O)[O-])c4)CC3)n2)c1. The largest absolute Gasteiger partial charge is 0.345 e. The topological polar surface area (TPSA) is 96.7 Å². The van der Waals surface area contributed by atoms with Crippen LogP contribution in [0.5, 0.6) is 0 Å². The van der Waals surface area contributed by atoms with Gasteiger partial charge in [0.2, 0.25) is 10.0 Å². The minimum atomic E-state index is -3.85. The molecule has 1 fully saturated rings. The molecule has 0 atom stereocenters. The summed E-state index contributed by atoms with van der Waals surface area (Å²) in [6.07, 6.45) is 0.752. The lowest BCUT2D eigenvalue weighted by Gasteiger charge is -2.33. The highest BCUT2D eigenvalue weighted by atomic mass is 35.5. The van der Waals surface area contributed by atoms with E-state index in [1.807, 2.05) is 11.4 Å². The van der Waals surface area contributed by atoms with E-state index >= 15 is 0 Å². The van der Waals surface area contributed by atoms with Crippen molar-refractivity contribution in [2.24, 2.45) is 0 Å². The molecule has 1 aromatic heterocycles. The Hall–Kier alpha value is -2.53. The van der Waals surface area contributed by atoms with E-state index in [0.29, 0.717) is 13.1 Å². The normalized spacial score (nSPS) is 15.1. The highest BCUT2D eigenvalue weighted by molar-refractivity contribution is 7.89. The number of aryl methyl sites for hydroxylation is 1. The molecule has 0 radical (unpaired) electrons. The van der Waals surface area contributed by atoms with Crippen molar-refractivity contribution in [1.29, 1.82) is 0 Å². The van der Waals surface area contributed by atoms with Gasteiger partial charge in [-0.1, -0.05) is 41.4 Å². The van der Waals surface area contributed by atoms with Gasteiger partial charge in [-0.05, 0) is 24.6 Å². The number of hydrogen-bond donors (Lipinski definition) is 0. The minimum absolute atomic E-state index is 0.0935. The Morgan fingerprint density at radius 3 is 2.59 bits per heavy atom. The first-order chi connectivity index (χ1) is 15.2. The van der Waals surface area contributed by atoms with Crippen LogP contribution < -0.4 is 4.90 Å². The summed E-state index contributed by atoms with van der Waals surface area (Å²) < 4.78 is 27.3. The zero-order valence-electron chi connectivity index (χ0n) is 17.3. The molecule has 2 aromatic carbocycles. The first-order valence-corrected chi connectivity index (χ1v) is 12.6. The molecule has 4 rings (SSSR count). The van der Waals surface area contributed by atoms with Gasteiger partial charge in [0.1, 0.15) is 5.02 Å². The fourth-order valence-electron chi connectivity index (χ4n) is 3.62. The van der Waals surface area contributed by atoms with Crippen LogP contribution in [0.2, 0.25) is 5.02 Å². The summed E-state index contributed by atoms with van der Waals surface area (Å²) in [6.45, 7) is 3.58. The lowest BCUT2D eigenvalue weighted by atomic mass is 10.1. The lowest BCUT2D eigenvalue weighted by Crippen LogP contribution is -2.48. The third-order valence-electron chi connectivity index (χ3n) is 5.27. The molecule has 1 aliphatic rings. The van der Waals surface area contributed by atoms with Crippen LogP contribution in [0.1, 0.15) is 16.8 Å². The monoisotopic (exact) mass is 492 g/mol. The summed E-state index contributed by atoms with van der Waals surface area (Å²) in [4.78, 5) is 17.1. The van der Waals surface area contributed by atoms with Gasteiger partial charge in [0.25, 0.3) is 5.69 Å². The van der Waals surface area contributed by atoms with Crippen LogP contribution in [0.3, 0.4) is 0 Å². The second-order valence-electron chi connectivity index (χ2n) is 7.55. The van der Waals surface area contributed by atoms with Crippen LogP contribution in [0, 0.1) is 17.0 Å². The second kappa shape index (κ2) is 9.14. The number of benzene rings is 2. The van der Waals surface area contributed by atoms with Gasteiger partial charge >= 0.3 is 0 Å². The molecule has 3 aromatic rings. The molecule has 0 saturated carbocycles. The second-order valence-corrected chi connectivity index (χ2v) is 10.7. The van der Waals surface area contributed by atoms with E-state index in [4.69, 9.17) is 16.6 Å². The molecule has 0 bridgehead atoms. The van der Waals surface area contributed by atoms with Crippen molar-refractivity contribution >= 4 is 43.8 Å². The van der Waals surface area contributed by atoms with Gasteiger partial charge in [-0.2, -0.15) is 4.31 Å². The average molecular weight is 493 g/mol. The van der Waals surface area contributed by atoms with Gasteiger partial charge in [0.15, 0.2) is 5.13 Å². The number of nitrogens with zero attached hydrogens (tertiary/aromatic N) is 4. The standard InChI is InChI=1S/C21H21ClN4O4S2/c1-15-3-2-4-16(11-15)12-17-14-31-21(23-17)24-7-9-25(10-8-24)32(29,30)18-5-6-19(22)20(13-18)26(27)28/h2-6,11,13-14H,7-10,12H2,1H3. The number of halogens is 1. The minimum Gasteiger partial charge on any atom is -0.345 e. The summed E-state index contributed by atoms with van der Waals surface area (Å²) in [7, 11) is -3.85. The van der Waals surface area contributed by atoms with Crippen molar-refractivity contribution in [3.63, 3.8) is 0 Å². The van der Waals surface area contributed by atoms with E-state index < -0.39 is 20.6 Å². The maximum Gasteiger partial charge on any atom is 0.289 e. The van der Waals surface area contributed by atoms with Crippen molar-refractivity contribution in [1.82, 2.24) is 9.29 Å². The number of nitro groups is 1. The van der Waals surface area contributed by atoms with Crippen molar-refractivity contribution in [3.05, 3.63) is 79.8 Å². The molecule has 168 valence electrons. The van der Waals surface area contributed by atoms with Crippen LogP contribution in [0.25, 0.3) is 0 Å². The highest BCUT2D eigenvalue weighted by Crippen LogP contribution is 2.30. The fraction of sp³-hybridized carbons (Fsp3) is 0.286. The summed E-state index contributed by atoms with van der Waals surface area (Å²) in [5, 5.41) is 13.9. The third-order valence-corrected chi connectivity index (χ3v) is 8.43. The smallest absolute Gasteiger partial charge is 0.289 e. The molecule has 8 nitrogen and oxygen atoms in total. The third kappa shape index (κ3) is 4.78. The lowest BCUT2D eigenvalue weighted by molar-refractivity contribution is -0.384. The van der Waals surface area contributed by atoms with Crippen LogP contribution in [0.15, 0.2) is 52.7 Å². The van der Waals surface area contributed by atoms with Crippen LogP contribution in [-0.2, 0) is 16.4 Å². The van der Waals surface area contributed by atoms with E-state index in [9.17, 15) is 18.5 Å². The zero-order valence-corrected chi connectivity index (χ0v) is 19.7. The first-order valence-electron chi connectivity index (χ1n) is 9.93. The maximum atomic E-state index is 13.0. The molecule has 0 amide bonds. The number of hydrogen-bond acceptors (Lipinski definition) is 7. The molecule has 32 heavy (non-hydrogen) atoms. The number of rotatable bonds is 6. The highest BCUT2D eigenvalue weighted by Gasteiger charge is 2.31. The Labute approximate surface area is 195 Å². The Morgan fingerprint density at radius 2 is 1.91 bits per heavy atom. The van der Waals surface area contributed by atoms with E-state index in [-0.39, 0.29) is 23.0 Å². The number of anilines is 1. The number of sulfonamides is 1. The van der Waals surface area contributed by atoms with Gasteiger partial charge in [-0.3, -0.25) is 10.1 Å². The average Bonchev–Trinajstić information content (AvgIpc) is 3.22. The number of nitro benzene ring substituents is 1. The molecule has 1 saturated heterocycles. The maximum absolute atomic E-state index is 13.0. The first kappa shape index (κ1) is 22.7. The van der Waals surface area contributed by atoms with Crippen molar-refractivity contribution in [3.8, 4) is 0 Å². The Bertz CT molecular complexity index is 1250. The molecule has 1 aliphatic heterocycles. The van der Waals surface area contributed by atoms with Gasteiger partial charge in [0, 0.05) is 44.0 Å². The summed E-state index contributed by atoms with van der Waals surface area (Å²) in [5.74, 6) is 0. The van der Waals surface area contributed by atoms with Crippen molar-refractivity contribution in [2.75, 3.05) is 31.1 Å². The molecule has 0 unspecified atom stereocenters. The van der Waals surface area contributed by atoms with E-state index in [2.05, 4.69) is 30.0 Å². The quantitative estimate of drug-likeness (QED) is 0.379. The van der Waals surface area contributed by atoms with Crippen LogP contribution in [-0.4, -0.2) is 48.8 Å². The molecule has 0 N–H and O–H groups in total. The van der Waals surface area contributed by atoms with Crippen LogP contribution >= 0.6 is 22.9 Å². The fourth-order valence-corrected chi connectivity index (χ4v) is 6.12. The number of aromatic nitrogens is 1. The summed E-state index contributed by atoms with van der Waals surface area (Å²) in [5.41, 5.74) is 2.98.